The molecule has 0 saturated carbocycles. The zero-order valence-electron chi connectivity index (χ0n) is 18.2. The van der Waals surface area contributed by atoms with Gasteiger partial charge in [0.1, 0.15) is 30.4 Å². The molecule has 34 heavy (non-hydrogen) atoms. The van der Waals surface area contributed by atoms with Crippen LogP contribution in [-0.4, -0.2) is 38.9 Å². The van der Waals surface area contributed by atoms with Gasteiger partial charge in [0, 0.05) is 0 Å². The van der Waals surface area contributed by atoms with Gasteiger partial charge in [-0.1, -0.05) is 53.1 Å². The van der Waals surface area contributed by atoms with Crippen molar-refractivity contribution >= 4 is 30.4 Å². The molecule has 0 spiro atoms. The minimum Gasteiger partial charge on any atom is -0.744 e. The van der Waals surface area contributed by atoms with E-state index < -0.39 is 30.4 Å². The Labute approximate surface area is 212 Å². The Kier molecular flexibility index (Phi) is 12.4. The summed E-state index contributed by atoms with van der Waals surface area (Å²) >= 11 is 0. The van der Waals surface area contributed by atoms with E-state index in [2.05, 4.69) is 0 Å². The fourth-order valence-electron chi connectivity index (χ4n) is 2.11. The summed E-state index contributed by atoms with van der Waals surface area (Å²) in [5.74, 6) is 0. The van der Waals surface area contributed by atoms with Crippen molar-refractivity contribution < 1.29 is 58.4 Å². The first-order valence-electron chi connectivity index (χ1n) is 9.08. The summed E-state index contributed by atoms with van der Waals surface area (Å²) in [5.41, 5.74) is 2.78. The Morgan fingerprint density at radius 3 is 0.676 bits per heavy atom. The maximum Gasteiger partial charge on any atom is 3.00 e. The van der Waals surface area contributed by atoms with E-state index in [0.29, 0.717) is 0 Å². The molecule has 186 valence electrons. The van der Waals surface area contributed by atoms with Crippen molar-refractivity contribution in [1.82, 2.24) is 0 Å². The summed E-state index contributed by atoms with van der Waals surface area (Å²) in [5, 5.41) is 0. The van der Waals surface area contributed by atoms with Gasteiger partial charge < -0.3 is 13.7 Å². The third-order valence-corrected chi connectivity index (χ3v) is 6.48. The SMILES string of the molecule is Cc1ccc(S(=O)(=O)[O-])cc1.Cc1ccc(S(=O)(=O)[O-])cc1.Cc1ccc(S(=O)(=O)[O-])cc1.[Rh+3]. The summed E-state index contributed by atoms with van der Waals surface area (Å²) in [6.45, 7) is 5.46. The molecule has 0 aliphatic heterocycles. The molecule has 9 nitrogen and oxygen atoms in total. The molecule has 0 saturated heterocycles. The van der Waals surface area contributed by atoms with Crippen molar-refractivity contribution in [3.05, 3.63) is 89.5 Å². The summed E-state index contributed by atoms with van der Waals surface area (Å²) in [7, 11) is -12.8. The van der Waals surface area contributed by atoms with Crippen LogP contribution in [0.1, 0.15) is 16.7 Å². The summed E-state index contributed by atoms with van der Waals surface area (Å²) in [6.07, 6.45) is 0. The number of hydrogen-bond donors (Lipinski definition) is 0. The second-order valence-corrected chi connectivity index (χ2v) is 10.9. The number of benzene rings is 3. The fraction of sp³-hybridized carbons (Fsp3) is 0.143. The van der Waals surface area contributed by atoms with Crippen LogP contribution in [0.3, 0.4) is 0 Å². The van der Waals surface area contributed by atoms with Crippen LogP contribution in [0, 0.1) is 20.8 Å². The topological polar surface area (TPSA) is 172 Å². The quantitative estimate of drug-likeness (QED) is 0.317. The predicted molar refractivity (Wildman–Crippen MR) is 117 cm³/mol. The molecule has 0 aliphatic carbocycles. The van der Waals surface area contributed by atoms with Gasteiger partial charge in [0.15, 0.2) is 0 Å². The molecule has 0 bridgehead atoms. The van der Waals surface area contributed by atoms with Crippen LogP contribution in [0.25, 0.3) is 0 Å². The largest absolute Gasteiger partial charge is 3.00 e. The predicted octanol–water partition coefficient (Wildman–Crippen LogP) is 2.69. The Morgan fingerprint density at radius 2 is 0.559 bits per heavy atom. The maximum atomic E-state index is 10.4. The molecule has 0 fully saturated rings. The van der Waals surface area contributed by atoms with Gasteiger partial charge >= 0.3 is 19.5 Å². The molecule has 0 unspecified atom stereocenters. The second-order valence-electron chi connectivity index (χ2n) is 6.80. The van der Waals surface area contributed by atoms with Crippen LogP contribution in [0.15, 0.2) is 87.5 Å². The van der Waals surface area contributed by atoms with E-state index in [0.717, 1.165) is 16.7 Å². The zero-order valence-corrected chi connectivity index (χ0v) is 22.2. The van der Waals surface area contributed by atoms with E-state index in [1.54, 1.807) is 36.4 Å². The van der Waals surface area contributed by atoms with Crippen molar-refractivity contribution in [2.45, 2.75) is 35.5 Å². The van der Waals surface area contributed by atoms with E-state index in [1.807, 2.05) is 20.8 Å². The van der Waals surface area contributed by atoms with E-state index >= 15 is 0 Å². The first-order valence-corrected chi connectivity index (χ1v) is 13.3. The molecular formula is C21H21O9RhS3. The van der Waals surface area contributed by atoms with Gasteiger partial charge in [-0.25, -0.2) is 25.3 Å². The summed E-state index contributed by atoms with van der Waals surface area (Å²) in [6, 6.07) is 17.3. The monoisotopic (exact) mass is 616 g/mol. The molecule has 0 radical (unpaired) electrons. The van der Waals surface area contributed by atoms with Gasteiger partial charge in [0.25, 0.3) is 0 Å². The van der Waals surface area contributed by atoms with Crippen molar-refractivity contribution in [2.24, 2.45) is 0 Å². The van der Waals surface area contributed by atoms with Crippen molar-refractivity contribution in [2.75, 3.05) is 0 Å². The molecule has 0 aromatic heterocycles. The van der Waals surface area contributed by atoms with E-state index in [1.165, 1.54) is 36.4 Å². The van der Waals surface area contributed by atoms with Crippen LogP contribution in [0.4, 0.5) is 0 Å². The van der Waals surface area contributed by atoms with Gasteiger partial charge in [0.2, 0.25) is 0 Å². The molecule has 0 N–H and O–H groups in total. The molecule has 0 atom stereocenters. The number of aryl methyl sites for hydroxylation is 3. The van der Waals surface area contributed by atoms with Crippen molar-refractivity contribution in [1.29, 1.82) is 0 Å². The minimum atomic E-state index is -4.27. The number of hydrogen-bond acceptors (Lipinski definition) is 9. The molecule has 0 aliphatic rings. The Hall–Kier alpha value is -1.99. The third-order valence-electron chi connectivity index (χ3n) is 3.93. The molecule has 3 rings (SSSR count). The van der Waals surface area contributed by atoms with Crippen LogP contribution in [-0.2, 0) is 49.8 Å². The molecule has 0 amide bonds. The van der Waals surface area contributed by atoms with Gasteiger partial charge in [-0.3, -0.25) is 0 Å². The first kappa shape index (κ1) is 32.0. The van der Waals surface area contributed by atoms with Crippen LogP contribution in [0.5, 0.6) is 0 Å². The normalized spacial score (nSPS) is 11.1. The van der Waals surface area contributed by atoms with Gasteiger partial charge in [0.05, 0.1) is 14.7 Å². The first-order chi connectivity index (χ1) is 15.0. The molecule has 13 heteroatoms. The van der Waals surface area contributed by atoms with E-state index in [9.17, 15) is 38.9 Å². The third kappa shape index (κ3) is 11.9. The van der Waals surface area contributed by atoms with Gasteiger partial charge in [-0.2, -0.15) is 0 Å². The Morgan fingerprint density at radius 1 is 0.412 bits per heavy atom. The van der Waals surface area contributed by atoms with Gasteiger partial charge in [-0.15, -0.1) is 0 Å². The van der Waals surface area contributed by atoms with Crippen LogP contribution in [0.2, 0.25) is 0 Å². The maximum absolute atomic E-state index is 10.4. The molecular weight excluding hydrogens is 595 g/mol. The van der Waals surface area contributed by atoms with Crippen LogP contribution < -0.4 is 0 Å². The number of rotatable bonds is 3. The molecule has 3 aromatic carbocycles. The minimum absolute atomic E-state index is 0. The Balaban J connectivity index is 0.000000473. The average Bonchev–Trinajstić information content (AvgIpc) is 2.68. The average molecular weight is 616 g/mol. The zero-order chi connectivity index (χ0) is 25.4. The van der Waals surface area contributed by atoms with E-state index in [-0.39, 0.29) is 34.2 Å². The summed E-state index contributed by atoms with van der Waals surface area (Å²) < 4.78 is 93.5. The standard InChI is InChI=1S/3C7H8O3S.Rh/c3*1-6-2-4-7(5-3-6)11(8,9)10;/h3*2-5H,1H3,(H,8,9,10);/q;;;+3/p-3. The second kappa shape index (κ2) is 13.2. The van der Waals surface area contributed by atoms with E-state index in [4.69, 9.17) is 0 Å². The van der Waals surface area contributed by atoms with Gasteiger partial charge in [-0.05, 0) is 57.2 Å². The fourth-order valence-corrected chi connectivity index (χ4v) is 3.52. The van der Waals surface area contributed by atoms with Crippen molar-refractivity contribution in [3.63, 3.8) is 0 Å². The summed E-state index contributed by atoms with van der Waals surface area (Å²) in [4.78, 5) is -0.533. The molecule has 0 heterocycles. The van der Waals surface area contributed by atoms with Crippen molar-refractivity contribution in [3.8, 4) is 0 Å². The Bertz CT molecular complexity index is 1190. The molecule has 3 aromatic rings. The smallest absolute Gasteiger partial charge is 0.744 e. The van der Waals surface area contributed by atoms with Crippen LogP contribution >= 0.6 is 0 Å².